The number of aliphatic hydroxyl groups excluding tert-OH is 1. The van der Waals surface area contributed by atoms with Gasteiger partial charge in [-0.3, -0.25) is 37.3 Å². The van der Waals surface area contributed by atoms with Crippen LogP contribution in [0, 0.1) is 0 Å². The molecule has 0 amide bonds. The second-order valence-electron chi connectivity index (χ2n) is 26.6. The predicted octanol–water partition coefficient (Wildman–Crippen LogP) is 23.3. The molecule has 0 rings (SSSR count). The Balaban J connectivity index is 5.38. The maximum absolute atomic E-state index is 13.1. The minimum Gasteiger partial charge on any atom is -0.462 e. The van der Waals surface area contributed by atoms with Gasteiger partial charge in [-0.2, -0.15) is 0 Å². The fourth-order valence-corrected chi connectivity index (χ4v) is 12.2. The van der Waals surface area contributed by atoms with Crippen LogP contribution in [0.3, 0.4) is 0 Å². The number of carbonyl (C=O) groups excluding carboxylic acids is 4. The minimum absolute atomic E-state index is 0.0784. The van der Waals surface area contributed by atoms with Gasteiger partial charge in [0.2, 0.25) is 0 Å². The molecule has 0 heterocycles. The summed E-state index contributed by atoms with van der Waals surface area (Å²) in [6, 6.07) is 0. The van der Waals surface area contributed by atoms with Gasteiger partial charge >= 0.3 is 39.5 Å². The Morgan fingerprint density at radius 2 is 0.510 bits per heavy atom. The van der Waals surface area contributed by atoms with Crippen LogP contribution in [0.15, 0.2) is 109 Å². The number of phosphoric acid groups is 2. The van der Waals surface area contributed by atoms with Crippen LogP contribution in [0.2, 0.25) is 0 Å². The first-order valence-electron chi connectivity index (χ1n) is 40.1. The summed E-state index contributed by atoms with van der Waals surface area (Å²) >= 11 is 0. The van der Waals surface area contributed by atoms with E-state index in [1.165, 1.54) is 89.9 Å². The molecule has 102 heavy (non-hydrogen) atoms. The number of phosphoric ester groups is 2. The topological polar surface area (TPSA) is 237 Å². The van der Waals surface area contributed by atoms with E-state index >= 15 is 0 Å². The first-order chi connectivity index (χ1) is 49.7. The molecule has 3 N–H and O–H groups in total. The average Bonchev–Trinajstić information content (AvgIpc) is 0.908. The zero-order valence-electron chi connectivity index (χ0n) is 64.3. The molecule has 19 heteroatoms. The highest BCUT2D eigenvalue weighted by Gasteiger charge is 2.30. The highest BCUT2D eigenvalue weighted by atomic mass is 31.2. The Kier molecular flexibility index (Phi) is 71.8. The molecule has 0 saturated carbocycles. The molecule has 0 bridgehead atoms. The van der Waals surface area contributed by atoms with Crippen molar-refractivity contribution >= 4 is 39.5 Å². The third-order valence-electron chi connectivity index (χ3n) is 16.7. The van der Waals surface area contributed by atoms with Crippen molar-refractivity contribution in [1.29, 1.82) is 0 Å². The quantitative estimate of drug-likeness (QED) is 0.0169. The number of rotatable bonds is 75. The maximum Gasteiger partial charge on any atom is 0.472 e. The van der Waals surface area contributed by atoms with Crippen LogP contribution in [-0.2, 0) is 65.4 Å². The molecule has 5 unspecified atom stereocenters. The molecule has 0 aliphatic carbocycles. The van der Waals surface area contributed by atoms with E-state index in [4.69, 9.17) is 37.0 Å². The van der Waals surface area contributed by atoms with Crippen molar-refractivity contribution in [3.8, 4) is 0 Å². The van der Waals surface area contributed by atoms with Crippen LogP contribution >= 0.6 is 15.6 Å². The second kappa shape index (κ2) is 75.0. The van der Waals surface area contributed by atoms with E-state index in [1.54, 1.807) is 0 Å². The molecule has 0 aliphatic heterocycles. The Bertz CT molecular complexity index is 2360. The van der Waals surface area contributed by atoms with E-state index in [2.05, 4.69) is 137 Å². The van der Waals surface area contributed by atoms with Crippen LogP contribution in [0.5, 0.6) is 0 Å². The smallest absolute Gasteiger partial charge is 0.462 e. The van der Waals surface area contributed by atoms with Gasteiger partial charge in [0.1, 0.15) is 19.3 Å². The summed E-state index contributed by atoms with van der Waals surface area (Å²) in [6.07, 6.45) is 80.6. The highest BCUT2D eigenvalue weighted by molar-refractivity contribution is 7.47. The molecule has 0 saturated heterocycles. The third kappa shape index (κ3) is 74.0. The van der Waals surface area contributed by atoms with Crippen LogP contribution in [-0.4, -0.2) is 96.7 Å². The fourth-order valence-electron chi connectivity index (χ4n) is 10.7. The Morgan fingerprint density at radius 3 is 0.804 bits per heavy atom. The molecule has 0 aliphatic rings. The number of ether oxygens (including phenoxy) is 4. The summed E-state index contributed by atoms with van der Waals surface area (Å²) in [4.78, 5) is 73.0. The summed E-state index contributed by atoms with van der Waals surface area (Å²) in [5, 5.41) is 10.6. The van der Waals surface area contributed by atoms with Crippen molar-refractivity contribution < 1.29 is 80.2 Å². The van der Waals surface area contributed by atoms with Gasteiger partial charge in [0.05, 0.1) is 26.4 Å². The molecule has 0 aromatic heterocycles. The number of carbonyl (C=O) groups is 4. The predicted molar refractivity (Wildman–Crippen MR) is 418 cm³/mol. The molecule has 0 radical (unpaired) electrons. The van der Waals surface area contributed by atoms with Crippen molar-refractivity contribution in [1.82, 2.24) is 0 Å². The molecule has 0 fully saturated rings. The molecule has 5 atom stereocenters. The fraction of sp³-hybridized carbons (Fsp3) is 0.735. The van der Waals surface area contributed by atoms with Crippen molar-refractivity contribution in [2.24, 2.45) is 0 Å². The molecular weight excluding hydrogens is 1330 g/mol. The summed E-state index contributed by atoms with van der Waals surface area (Å²) in [5.41, 5.74) is 0. The normalized spacial score (nSPS) is 14.5. The molecule has 0 spiro atoms. The first-order valence-corrected chi connectivity index (χ1v) is 43.1. The van der Waals surface area contributed by atoms with E-state index in [1.807, 2.05) is 0 Å². The Labute approximate surface area is 619 Å². The number of esters is 4. The van der Waals surface area contributed by atoms with Gasteiger partial charge in [-0.15, -0.1) is 0 Å². The van der Waals surface area contributed by atoms with E-state index in [0.717, 1.165) is 167 Å². The van der Waals surface area contributed by atoms with Gasteiger partial charge < -0.3 is 33.8 Å². The van der Waals surface area contributed by atoms with Gasteiger partial charge in [-0.25, -0.2) is 9.13 Å². The number of allylic oxidation sites excluding steroid dienone is 18. The van der Waals surface area contributed by atoms with E-state index in [-0.39, 0.29) is 25.7 Å². The lowest BCUT2D eigenvalue weighted by Gasteiger charge is -2.21. The monoisotopic (exact) mass is 1470 g/mol. The third-order valence-corrected chi connectivity index (χ3v) is 18.6. The van der Waals surface area contributed by atoms with Gasteiger partial charge in [-0.05, 0) is 128 Å². The van der Waals surface area contributed by atoms with Crippen LogP contribution < -0.4 is 0 Å². The molecule has 588 valence electrons. The minimum atomic E-state index is -4.98. The summed E-state index contributed by atoms with van der Waals surface area (Å²) in [6.45, 7) is 4.61. The highest BCUT2D eigenvalue weighted by Crippen LogP contribution is 2.45. The summed E-state index contributed by atoms with van der Waals surface area (Å²) in [7, 11) is -9.97. The van der Waals surface area contributed by atoms with Crippen molar-refractivity contribution in [3.63, 3.8) is 0 Å². The number of hydrogen-bond acceptors (Lipinski definition) is 15. The average molecular weight is 1480 g/mol. The van der Waals surface area contributed by atoms with E-state index < -0.39 is 97.5 Å². The summed E-state index contributed by atoms with van der Waals surface area (Å²) in [5.74, 6) is -2.22. The number of unbranched alkanes of at least 4 members (excludes halogenated alkanes) is 31. The molecular formula is C83H144O17P2. The zero-order chi connectivity index (χ0) is 74.6. The molecule has 0 aromatic rings. The van der Waals surface area contributed by atoms with Crippen LogP contribution in [0.4, 0.5) is 0 Å². The lowest BCUT2D eigenvalue weighted by molar-refractivity contribution is -0.161. The van der Waals surface area contributed by atoms with Crippen LogP contribution in [0.1, 0.15) is 336 Å². The largest absolute Gasteiger partial charge is 0.472 e. The molecule has 0 aromatic carbocycles. The van der Waals surface area contributed by atoms with Gasteiger partial charge in [0.25, 0.3) is 0 Å². The summed E-state index contributed by atoms with van der Waals surface area (Å²) < 4.78 is 68.6. The first kappa shape index (κ1) is 97.7. The maximum atomic E-state index is 13.1. The standard InChI is InChI=1S/C83H144O17P2/c1-5-9-13-17-21-25-29-33-36-38-41-44-47-51-55-59-63-67-80(85)93-73-78(99-82(87)69-65-61-57-53-49-43-32-28-24-20-16-12-8-4)75-97-101(89,90)95-71-77(84)72-96-102(91,92)98-76-79(100-83(88)70-66-62-58-54-50-46-40-35-31-27-23-19-15-11-7-3)74-94-81(86)68-64-60-56-52-48-45-42-39-37-34-30-26-22-18-14-10-6-2/h9-10,13-14,21-22,25-26,28,32-34,36-37,41-42,44-45,77-79,84H,5-8,11-12,15-20,23-24,27,29-31,35,38-40,43,46-76H2,1-4H3,(H,89,90)(H,91,92)/b13-9-,14-10-,25-21-,26-22-,32-28-,36-33-,37-34-,44-41-,45-42-. The molecule has 17 nitrogen and oxygen atoms in total. The van der Waals surface area contributed by atoms with Crippen molar-refractivity contribution in [2.45, 2.75) is 354 Å². The second-order valence-corrected chi connectivity index (χ2v) is 29.5. The van der Waals surface area contributed by atoms with E-state index in [9.17, 15) is 43.2 Å². The Hall–Kier alpha value is -4.28. The zero-order valence-corrected chi connectivity index (χ0v) is 66.0. The van der Waals surface area contributed by atoms with Crippen molar-refractivity contribution in [2.75, 3.05) is 39.6 Å². The SMILES string of the molecule is CC/C=C\C/C=C\C/C=C\C/C=C\CCCCCCC(=O)OCC(COP(=O)(O)OCC(O)COP(=O)(O)OCC(COC(=O)CCCCCC/C=C\C/C=C\C/C=C\C/C=C\CC)OC(=O)CCCCCCCCCCCCCCCCC)OC(=O)CCCCCCC/C=C\CCCCCC. The number of aliphatic hydroxyl groups is 1. The van der Waals surface area contributed by atoms with Crippen LogP contribution in [0.25, 0.3) is 0 Å². The number of hydrogen-bond donors (Lipinski definition) is 3. The van der Waals surface area contributed by atoms with Gasteiger partial charge in [0.15, 0.2) is 12.2 Å². The van der Waals surface area contributed by atoms with Gasteiger partial charge in [0, 0.05) is 25.7 Å². The Morgan fingerprint density at radius 1 is 0.284 bits per heavy atom. The van der Waals surface area contributed by atoms with Gasteiger partial charge in [-0.1, -0.05) is 291 Å². The lowest BCUT2D eigenvalue weighted by atomic mass is 10.0. The lowest BCUT2D eigenvalue weighted by Crippen LogP contribution is -2.30. The van der Waals surface area contributed by atoms with E-state index in [0.29, 0.717) is 25.7 Å². The van der Waals surface area contributed by atoms with Crippen molar-refractivity contribution in [3.05, 3.63) is 109 Å².